The van der Waals surface area contributed by atoms with Gasteiger partial charge in [0.2, 0.25) is 0 Å². The maximum absolute atomic E-state index is 13.8. The number of aromatic amines is 1. The Morgan fingerprint density at radius 1 is 1.41 bits per heavy atom. The minimum absolute atomic E-state index is 0.211. The van der Waals surface area contributed by atoms with Gasteiger partial charge in [-0.05, 0) is 49.8 Å². The molecule has 1 N–H and O–H groups in total. The molecule has 0 bridgehead atoms. The number of nitrogens with one attached hydrogen (secondary N) is 1. The lowest BCUT2D eigenvalue weighted by atomic mass is 10.1. The van der Waals surface area contributed by atoms with E-state index in [0.717, 1.165) is 23.6 Å². The molecule has 3 heteroatoms. The van der Waals surface area contributed by atoms with Crippen LogP contribution in [0.1, 0.15) is 24.1 Å². The molecule has 0 aliphatic heterocycles. The smallest absolute Gasteiger partial charge is 0.140 e. The second kappa shape index (κ2) is 3.99. The molecule has 1 fully saturated rings. The van der Waals surface area contributed by atoms with Crippen LogP contribution in [-0.4, -0.2) is 9.97 Å². The highest BCUT2D eigenvalue weighted by Crippen LogP contribution is 2.32. The fourth-order valence-corrected chi connectivity index (χ4v) is 2.04. The highest BCUT2D eigenvalue weighted by molar-refractivity contribution is 5.56. The summed E-state index contributed by atoms with van der Waals surface area (Å²) in [7, 11) is 0. The molecule has 0 atom stereocenters. The summed E-state index contributed by atoms with van der Waals surface area (Å²) in [6.45, 7) is 1.88. The van der Waals surface area contributed by atoms with E-state index in [4.69, 9.17) is 0 Å². The van der Waals surface area contributed by atoms with Crippen LogP contribution in [-0.2, 0) is 6.42 Å². The van der Waals surface area contributed by atoms with Crippen LogP contribution in [0.15, 0.2) is 24.4 Å². The highest BCUT2D eigenvalue weighted by atomic mass is 19.1. The monoisotopic (exact) mass is 230 g/mol. The zero-order valence-electron chi connectivity index (χ0n) is 9.83. The van der Waals surface area contributed by atoms with E-state index in [1.54, 1.807) is 12.1 Å². The van der Waals surface area contributed by atoms with Crippen molar-refractivity contribution in [3.8, 4) is 11.4 Å². The Kier molecular flexibility index (Phi) is 2.46. The van der Waals surface area contributed by atoms with Crippen molar-refractivity contribution >= 4 is 0 Å². The third-order valence-electron chi connectivity index (χ3n) is 3.21. The van der Waals surface area contributed by atoms with Crippen LogP contribution in [0.2, 0.25) is 0 Å². The zero-order valence-corrected chi connectivity index (χ0v) is 9.83. The first kappa shape index (κ1) is 10.5. The molecule has 1 heterocycles. The Hall–Kier alpha value is -1.64. The van der Waals surface area contributed by atoms with E-state index in [1.165, 1.54) is 12.8 Å². The van der Waals surface area contributed by atoms with Gasteiger partial charge >= 0.3 is 0 Å². The van der Waals surface area contributed by atoms with Crippen molar-refractivity contribution < 1.29 is 4.39 Å². The third-order valence-corrected chi connectivity index (χ3v) is 3.21. The van der Waals surface area contributed by atoms with Gasteiger partial charge in [-0.25, -0.2) is 9.37 Å². The number of hydrogen-bond acceptors (Lipinski definition) is 1. The molecule has 1 aromatic heterocycles. The average Bonchev–Trinajstić information content (AvgIpc) is 2.96. The summed E-state index contributed by atoms with van der Waals surface area (Å²) in [5.41, 5.74) is 2.59. The molecule has 0 unspecified atom stereocenters. The molecule has 1 aliphatic carbocycles. The van der Waals surface area contributed by atoms with Gasteiger partial charge in [0.25, 0.3) is 0 Å². The number of aryl methyl sites for hydroxylation is 1. The Bertz CT molecular complexity index is 541. The summed E-state index contributed by atoms with van der Waals surface area (Å²) in [6, 6.07) is 5.23. The molecule has 3 rings (SSSR count). The van der Waals surface area contributed by atoms with Gasteiger partial charge in [0.1, 0.15) is 11.6 Å². The largest absolute Gasteiger partial charge is 0.342 e. The van der Waals surface area contributed by atoms with Gasteiger partial charge in [0, 0.05) is 11.9 Å². The third kappa shape index (κ3) is 2.23. The summed E-state index contributed by atoms with van der Waals surface area (Å²) in [5, 5.41) is 0. The molecule has 0 radical (unpaired) electrons. The lowest BCUT2D eigenvalue weighted by Crippen LogP contribution is -1.89. The van der Waals surface area contributed by atoms with E-state index in [0.29, 0.717) is 11.4 Å². The molecule has 2 aromatic rings. The fraction of sp³-hybridized carbons (Fsp3) is 0.357. The summed E-state index contributed by atoms with van der Waals surface area (Å²) in [6.07, 6.45) is 5.49. The Labute approximate surface area is 99.9 Å². The van der Waals surface area contributed by atoms with Crippen LogP contribution < -0.4 is 0 Å². The lowest BCUT2D eigenvalue weighted by Gasteiger charge is -2.00. The van der Waals surface area contributed by atoms with Crippen molar-refractivity contribution in [3.05, 3.63) is 41.5 Å². The van der Waals surface area contributed by atoms with Crippen molar-refractivity contribution in [2.45, 2.75) is 26.2 Å². The number of imidazole rings is 1. The van der Waals surface area contributed by atoms with Crippen LogP contribution in [0.5, 0.6) is 0 Å². The van der Waals surface area contributed by atoms with Gasteiger partial charge in [0.15, 0.2) is 0 Å². The molecular weight excluding hydrogens is 215 g/mol. The Morgan fingerprint density at radius 2 is 2.24 bits per heavy atom. The number of halogens is 1. The second-order valence-corrected chi connectivity index (χ2v) is 4.89. The van der Waals surface area contributed by atoms with Crippen molar-refractivity contribution in [2.24, 2.45) is 5.92 Å². The average molecular weight is 230 g/mol. The van der Waals surface area contributed by atoms with E-state index in [-0.39, 0.29) is 5.82 Å². The number of aromatic nitrogens is 2. The molecule has 0 saturated heterocycles. The van der Waals surface area contributed by atoms with Crippen LogP contribution >= 0.6 is 0 Å². The Morgan fingerprint density at radius 3 is 2.94 bits per heavy atom. The number of benzene rings is 1. The maximum Gasteiger partial charge on any atom is 0.140 e. The molecular formula is C14H15FN2. The minimum atomic E-state index is -0.211. The van der Waals surface area contributed by atoms with Gasteiger partial charge in [-0.2, -0.15) is 0 Å². The summed E-state index contributed by atoms with van der Waals surface area (Å²) in [4.78, 5) is 7.47. The van der Waals surface area contributed by atoms with Gasteiger partial charge in [-0.1, -0.05) is 6.07 Å². The van der Waals surface area contributed by atoms with E-state index in [2.05, 4.69) is 9.97 Å². The summed E-state index contributed by atoms with van der Waals surface area (Å²) >= 11 is 0. The minimum Gasteiger partial charge on any atom is -0.342 e. The molecule has 17 heavy (non-hydrogen) atoms. The number of nitrogens with zero attached hydrogens (tertiary/aromatic N) is 1. The zero-order chi connectivity index (χ0) is 11.8. The van der Waals surface area contributed by atoms with Crippen molar-refractivity contribution in [1.82, 2.24) is 9.97 Å². The van der Waals surface area contributed by atoms with Crippen LogP contribution in [0.25, 0.3) is 11.4 Å². The number of rotatable bonds is 3. The van der Waals surface area contributed by atoms with Crippen molar-refractivity contribution in [3.63, 3.8) is 0 Å². The fourth-order valence-electron chi connectivity index (χ4n) is 2.04. The van der Waals surface area contributed by atoms with E-state index in [9.17, 15) is 4.39 Å². The van der Waals surface area contributed by atoms with E-state index < -0.39 is 0 Å². The number of hydrogen-bond donors (Lipinski definition) is 1. The second-order valence-electron chi connectivity index (χ2n) is 4.89. The van der Waals surface area contributed by atoms with Crippen molar-refractivity contribution in [2.75, 3.05) is 0 Å². The van der Waals surface area contributed by atoms with Crippen LogP contribution in [0, 0.1) is 18.7 Å². The first-order chi connectivity index (χ1) is 8.22. The quantitative estimate of drug-likeness (QED) is 0.859. The van der Waals surface area contributed by atoms with Gasteiger partial charge in [-0.15, -0.1) is 0 Å². The van der Waals surface area contributed by atoms with Crippen molar-refractivity contribution in [1.29, 1.82) is 0 Å². The molecule has 0 spiro atoms. The van der Waals surface area contributed by atoms with Gasteiger partial charge in [-0.3, -0.25) is 0 Å². The van der Waals surface area contributed by atoms with Crippen LogP contribution in [0.3, 0.4) is 0 Å². The molecule has 88 valence electrons. The maximum atomic E-state index is 13.8. The van der Waals surface area contributed by atoms with Crippen LogP contribution in [0.4, 0.5) is 4.39 Å². The summed E-state index contributed by atoms with van der Waals surface area (Å²) < 4.78 is 13.8. The first-order valence-corrected chi connectivity index (χ1v) is 6.03. The molecule has 1 saturated carbocycles. The lowest BCUT2D eigenvalue weighted by molar-refractivity contribution is 0.629. The highest BCUT2D eigenvalue weighted by Gasteiger charge is 2.22. The first-order valence-electron chi connectivity index (χ1n) is 6.03. The molecule has 1 aromatic carbocycles. The van der Waals surface area contributed by atoms with E-state index >= 15 is 0 Å². The molecule has 1 aliphatic rings. The Balaban J connectivity index is 1.89. The predicted octanol–water partition coefficient (Wildman–Crippen LogP) is 3.48. The SMILES string of the molecule is Cc1ccc(-c2ncc(CC3CC3)[nH]2)c(F)c1. The van der Waals surface area contributed by atoms with Gasteiger partial charge < -0.3 is 4.98 Å². The standard InChI is InChI=1S/C14H15FN2/c1-9-2-5-12(13(15)6-9)14-16-8-11(17-14)7-10-3-4-10/h2,5-6,8,10H,3-4,7H2,1H3,(H,16,17). The van der Waals surface area contributed by atoms with E-state index in [1.807, 2.05) is 19.2 Å². The normalized spacial score (nSPS) is 15.2. The molecule has 2 nitrogen and oxygen atoms in total. The topological polar surface area (TPSA) is 28.7 Å². The number of H-pyrrole nitrogens is 1. The molecule has 0 amide bonds. The predicted molar refractivity (Wildman–Crippen MR) is 65.1 cm³/mol. The van der Waals surface area contributed by atoms with Gasteiger partial charge in [0.05, 0.1) is 5.56 Å². The summed E-state index contributed by atoms with van der Waals surface area (Å²) in [5.74, 6) is 1.24.